The number of aromatic hydroxyl groups is 1. The molecule has 1 spiro atoms. The molecule has 8 aliphatic rings. The highest BCUT2D eigenvalue weighted by Crippen LogP contribution is 2.71. The van der Waals surface area contributed by atoms with E-state index in [4.69, 9.17) is 28.1 Å². The molecule has 15 heteroatoms. The molecule has 12 rings (SSSR count). The van der Waals surface area contributed by atoms with Gasteiger partial charge in [0.25, 0.3) is 0 Å². The third-order valence-electron chi connectivity index (χ3n) is 13.9. The van der Waals surface area contributed by atoms with Crippen LogP contribution >= 0.6 is 11.8 Å². The summed E-state index contributed by atoms with van der Waals surface area (Å²) in [5.41, 5.74) is 3.87. The number of hydrogen-bond acceptors (Lipinski definition) is 15. The minimum Gasteiger partial charge on any atom is -0.504 e. The highest BCUT2D eigenvalue weighted by atomic mass is 32.2. The van der Waals surface area contributed by atoms with Crippen molar-refractivity contribution in [3.8, 4) is 34.8 Å². The Hall–Kier alpha value is -4.98. The fraction of sp³-hybridized carbons (Fsp3) is 0.465. The Labute approximate surface area is 337 Å². The number of piperazine rings is 1. The average molecular weight is 807 g/mol. The molecule has 9 heterocycles. The molecular formula is C43H42N4O10S. The van der Waals surface area contributed by atoms with Crippen molar-refractivity contribution in [2.24, 2.45) is 0 Å². The predicted octanol–water partition coefficient (Wildman–Crippen LogP) is 4.83. The zero-order valence-corrected chi connectivity index (χ0v) is 33.4. The zero-order chi connectivity index (χ0) is 40.2. The van der Waals surface area contributed by atoms with Gasteiger partial charge < -0.3 is 38.3 Å². The number of nitrogens with zero attached hydrogens (tertiary/aromatic N) is 3. The highest BCUT2D eigenvalue weighted by Gasteiger charge is 2.71. The Bertz CT molecular complexity index is 2550. The van der Waals surface area contributed by atoms with Crippen LogP contribution in [0.2, 0.25) is 0 Å². The summed E-state index contributed by atoms with van der Waals surface area (Å²) in [5, 5.41) is 37.9. The number of phenols is 1. The maximum absolute atomic E-state index is 15.0. The molecule has 3 N–H and O–H groups in total. The first-order valence-corrected chi connectivity index (χ1v) is 20.7. The number of carbonyl (C=O) groups is 2. The normalized spacial score (nSPS) is 32.6. The van der Waals surface area contributed by atoms with Crippen molar-refractivity contribution in [2.45, 2.75) is 93.1 Å². The van der Waals surface area contributed by atoms with Crippen LogP contribution in [-0.4, -0.2) is 89.0 Å². The standard InChI is InChI=1S/C43H42N4O10S/c1-18-10-24-29(34(50)35(18)52-5)32-33-39-31-30(38-37(54-17-55-38)19(2)36(31)56-20(3)49)27(46(33)26(13-44)25-12-42(24,4)47(25)32)15-53-41(51)43(16-58-39)40-23(11-21(14-48)45-43)22-8-6-7-9-28(22)57-40/h6-10,21,25-27,32-33,39,45,48,50H,11-12,14-17H2,1-5H3/t21-,25-,26-,27-,32+,33?,39?,42+,43+/m0/s1. The Morgan fingerprint density at radius 3 is 2.69 bits per heavy atom. The van der Waals surface area contributed by atoms with E-state index >= 15 is 4.79 Å². The lowest BCUT2D eigenvalue weighted by molar-refractivity contribution is -0.188. The largest absolute Gasteiger partial charge is 0.504 e. The topological polar surface area (TPSA) is 176 Å². The van der Waals surface area contributed by atoms with E-state index in [0.717, 1.165) is 27.6 Å². The van der Waals surface area contributed by atoms with E-state index in [1.54, 1.807) is 7.11 Å². The summed E-state index contributed by atoms with van der Waals surface area (Å²) in [4.78, 5) is 32.6. The first-order chi connectivity index (χ1) is 28.0. The van der Waals surface area contributed by atoms with Gasteiger partial charge in [0, 0.05) is 69.5 Å². The predicted molar refractivity (Wildman–Crippen MR) is 208 cm³/mol. The van der Waals surface area contributed by atoms with Gasteiger partial charge in [0.2, 0.25) is 6.79 Å². The summed E-state index contributed by atoms with van der Waals surface area (Å²) in [5.74, 6) is 1.08. The smallest absolute Gasteiger partial charge is 0.335 e. The van der Waals surface area contributed by atoms with E-state index in [1.165, 1.54) is 18.7 Å². The van der Waals surface area contributed by atoms with Crippen molar-refractivity contribution in [2.75, 3.05) is 32.9 Å². The van der Waals surface area contributed by atoms with Gasteiger partial charge in [-0.05, 0) is 56.9 Å². The van der Waals surface area contributed by atoms with Crippen LogP contribution in [0.1, 0.15) is 82.3 Å². The van der Waals surface area contributed by atoms with Gasteiger partial charge in [0.05, 0.1) is 37.1 Å². The minimum atomic E-state index is -1.53. The van der Waals surface area contributed by atoms with Crippen molar-refractivity contribution in [1.29, 1.82) is 5.26 Å². The maximum Gasteiger partial charge on any atom is 0.335 e. The molecule has 14 nitrogen and oxygen atoms in total. The number of methoxy groups -OCH3 is 1. The van der Waals surface area contributed by atoms with Gasteiger partial charge in [0.1, 0.15) is 29.7 Å². The van der Waals surface area contributed by atoms with E-state index in [-0.39, 0.29) is 37.6 Å². The molecule has 9 atom stereocenters. The van der Waals surface area contributed by atoms with Crippen LogP contribution in [0.5, 0.6) is 28.7 Å². The molecule has 2 unspecified atom stereocenters. The van der Waals surface area contributed by atoms with Gasteiger partial charge in [-0.1, -0.05) is 18.2 Å². The van der Waals surface area contributed by atoms with Gasteiger partial charge in [0.15, 0.2) is 28.5 Å². The molecule has 8 aliphatic heterocycles. The number of phenolic OH excluding ortho intramolecular Hbond substituents is 1. The number of aliphatic hydroxyl groups excluding tert-OH is 1. The number of carbonyl (C=O) groups excluding carboxylic acids is 2. The lowest BCUT2D eigenvalue weighted by Crippen LogP contribution is -2.75. The second-order valence-corrected chi connectivity index (χ2v) is 17.9. The van der Waals surface area contributed by atoms with Crippen molar-refractivity contribution < 1.29 is 47.9 Å². The number of thioether (sulfide) groups is 1. The van der Waals surface area contributed by atoms with Crippen LogP contribution in [0.4, 0.5) is 0 Å². The quantitative estimate of drug-likeness (QED) is 0.190. The Balaban J connectivity index is 1.19. The van der Waals surface area contributed by atoms with Crippen LogP contribution in [0.25, 0.3) is 11.0 Å². The van der Waals surface area contributed by atoms with Crippen molar-refractivity contribution in [3.63, 3.8) is 0 Å². The Morgan fingerprint density at radius 2 is 1.93 bits per heavy atom. The summed E-state index contributed by atoms with van der Waals surface area (Å²) in [7, 11) is 1.55. The number of hydrogen-bond donors (Lipinski definition) is 3. The van der Waals surface area contributed by atoms with Gasteiger partial charge in [-0.15, -0.1) is 11.8 Å². The SMILES string of the molecule is COc1c(C)cc2c(c1O)[C@@H]1C3C4SC[C@]5(N[C@H](CO)Cc6c5oc5ccccc65)C(=O)OC[C@@H](c5c6c(c(C)c(OC(C)=O)c54)OCO6)N3[C@@H](C#N)[C@@H]3C[C@@]2(C)N13. The molecule has 3 aromatic carbocycles. The number of para-hydroxylation sites is 1. The van der Waals surface area contributed by atoms with E-state index < -0.39 is 58.5 Å². The molecule has 0 radical (unpaired) electrons. The van der Waals surface area contributed by atoms with Crippen LogP contribution in [0, 0.1) is 25.2 Å². The van der Waals surface area contributed by atoms with Gasteiger partial charge in [-0.2, -0.15) is 5.26 Å². The number of aliphatic hydroxyl groups is 1. The minimum absolute atomic E-state index is 0.0575. The van der Waals surface area contributed by atoms with Crippen LogP contribution in [0.3, 0.4) is 0 Å². The average Bonchev–Trinajstić information content (AvgIpc) is 3.90. The molecule has 2 bridgehead atoms. The number of ether oxygens (including phenoxy) is 5. The van der Waals surface area contributed by atoms with Crippen molar-refractivity contribution >= 4 is 34.7 Å². The number of furan rings is 1. The zero-order valence-electron chi connectivity index (χ0n) is 32.6. The first-order valence-electron chi connectivity index (χ1n) is 19.7. The van der Waals surface area contributed by atoms with E-state index in [0.29, 0.717) is 63.9 Å². The molecule has 0 saturated carbocycles. The summed E-state index contributed by atoms with van der Waals surface area (Å²) < 4.78 is 37.4. The molecule has 300 valence electrons. The van der Waals surface area contributed by atoms with Gasteiger partial charge in [-0.25, -0.2) is 4.79 Å². The fourth-order valence-electron chi connectivity index (χ4n) is 11.7. The van der Waals surface area contributed by atoms with Crippen LogP contribution in [-0.2, 0) is 31.8 Å². The van der Waals surface area contributed by atoms with Crippen molar-refractivity contribution in [3.05, 3.63) is 75.0 Å². The molecule has 3 fully saturated rings. The Morgan fingerprint density at radius 1 is 1.14 bits per heavy atom. The number of nitrogens with one attached hydrogen (secondary N) is 1. The van der Waals surface area contributed by atoms with E-state index in [9.17, 15) is 20.3 Å². The number of benzene rings is 3. The second-order valence-electron chi connectivity index (χ2n) is 16.8. The van der Waals surface area contributed by atoms with E-state index in [2.05, 4.69) is 34.2 Å². The lowest BCUT2D eigenvalue weighted by Gasteiger charge is -2.66. The molecular weight excluding hydrogens is 765 g/mol. The van der Waals surface area contributed by atoms with Gasteiger partial charge in [-0.3, -0.25) is 19.9 Å². The lowest BCUT2D eigenvalue weighted by atomic mass is 9.70. The summed E-state index contributed by atoms with van der Waals surface area (Å²) in [6.45, 7) is 6.79. The molecule has 0 aliphatic carbocycles. The summed E-state index contributed by atoms with van der Waals surface area (Å²) >= 11 is 1.46. The summed E-state index contributed by atoms with van der Waals surface area (Å²) in [6.07, 6.45) is 1.10. The van der Waals surface area contributed by atoms with Crippen molar-refractivity contribution in [1.82, 2.24) is 15.1 Å². The summed E-state index contributed by atoms with van der Waals surface area (Å²) in [6, 6.07) is 9.24. The maximum atomic E-state index is 15.0. The first kappa shape index (κ1) is 36.1. The molecule has 0 amide bonds. The number of rotatable bonds is 3. The highest BCUT2D eigenvalue weighted by molar-refractivity contribution is 7.99. The number of fused-ring (bicyclic) bond motifs is 10. The third-order valence-corrected chi connectivity index (χ3v) is 15.4. The third kappa shape index (κ3) is 4.36. The van der Waals surface area contributed by atoms with Crippen LogP contribution < -0.4 is 24.3 Å². The Kier molecular flexibility index (Phi) is 7.65. The number of esters is 2. The molecule has 3 saturated heterocycles. The van der Waals surface area contributed by atoms with Gasteiger partial charge >= 0.3 is 11.9 Å². The molecule has 1 aromatic heterocycles. The monoisotopic (exact) mass is 806 g/mol. The van der Waals surface area contributed by atoms with E-state index in [1.807, 2.05) is 38.1 Å². The second kappa shape index (κ2) is 12.3. The molecule has 58 heavy (non-hydrogen) atoms. The number of aryl methyl sites for hydroxylation is 1. The fourth-order valence-corrected chi connectivity index (χ4v) is 13.4. The van der Waals surface area contributed by atoms with Crippen LogP contribution in [0.15, 0.2) is 34.7 Å². The number of nitriles is 1. The molecule has 4 aromatic rings.